The van der Waals surface area contributed by atoms with Gasteiger partial charge in [0.05, 0.1) is 24.3 Å². The smallest absolute Gasteiger partial charge is 0.250 e. The summed E-state index contributed by atoms with van der Waals surface area (Å²) in [5, 5.41) is 1.82. The van der Waals surface area contributed by atoms with E-state index in [2.05, 4.69) is 17.6 Å². The summed E-state index contributed by atoms with van der Waals surface area (Å²) in [5.41, 5.74) is 5.20. The molecule has 2 fully saturated rings. The molecule has 0 radical (unpaired) electrons. The van der Waals surface area contributed by atoms with Crippen LogP contribution < -0.4 is 10.2 Å². The number of hydrogen-bond donors (Lipinski definition) is 1. The number of β-lactam (4-membered cyclic amide) rings is 1. The van der Waals surface area contributed by atoms with Crippen LogP contribution in [-0.4, -0.2) is 18.0 Å². The van der Waals surface area contributed by atoms with E-state index in [1.54, 1.807) is 7.11 Å². The second-order valence-corrected chi connectivity index (χ2v) is 7.05. The maximum absolute atomic E-state index is 13.1. The highest BCUT2D eigenvalue weighted by molar-refractivity contribution is 5.92. The number of benzene rings is 2. The first-order chi connectivity index (χ1) is 12.2. The Hall–Kier alpha value is -2.49. The summed E-state index contributed by atoms with van der Waals surface area (Å²) in [6.07, 6.45) is 5.47. The van der Waals surface area contributed by atoms with E-state index in [-0.39, 0.29) is 17.4 Å². The summed E-state index contributed by atoms with van der Waals surface area (Å²) < 4.78 is 5.29. The number of hydrazine groups is 1. The summed E-state index contributed by atoms with van der Waals surface area (Å²) in [7, 11) is 1.67. The molecule has 4 nitrogen and oxygen atoms in total. The summed E-state index contributed by atoms with van der Waals surface area (Å²) >= 11 is 0. The molecule has 1 amide bonds. The first kappa shape index (κ1) is 16.0. The van der Waals surface area contributed by atoms with Gasteiger partial charge in [0.25, 0.3) is 0 Å². The molecule has 1 aliphatic heterocycles. The number of rotatable bonds is 4. The molecule has 1 saturated heterocycles. The first-order valence-electron chi connectivity index (χ1n) is 9.04. The normalized spacial score (nSPS) is 21.7. The lowest BCUT2D eigenvalue weighted by atomic mass is 9.61. The maximum Gasteiger partial charge on any atom is 0.250 e. The molecule has 1 saturated carbocycles. The average molecular weight is 336 g/mol. The highest BCUT2D eigenvalue weighted by Crippen LogP contribution is 2.57. The monoisotopic (exact) mass is 336 g/mol. The molecular weight excluding hydrogens is 312 g/mol. The van der Waals surface area contributed by atoms with Gasteiger partial charge in [0.2, 0.25) is 5.91 Å². The van der Waals surface area contributed by atoms with Crippen molar-refractivity contribution in [3.8, 4) is 5.75 Å². The van der Waals surface area contributed by atoms with Gasteiger partial charge in [0.1, 0.15) is 5.75 Å². The molecular formula is C21H24N2O2. The van der Waals surface area contributed by atoms with Gasteiger partial charge in [0, 0.05) is 0 Å². The van der Waals surface area contributed by atoms with Gasteiger partial charge in [-0.2, -0.15) is 0 Å². The number of carbonyl (C=O) groups excluding carboxylic acids is 1. The van der Waals surface area contributed by atoms with E-state index in [1.165, 1.54) is 12.0 Å². The van der Waals surface area contributed by atoms with Crippen molar-refractivity contribution in [1.82, 2.24) is 5.01 Å². The van der Waals surface area contributed by atoms with Crippen LogP contribution in [0, 0.1) is 5.41 Å². The first-order valence-corrected chi connectivity index (χ1v) is 9.04. The van der Waals surface area contributed by atoms with Gasteiger partial charge in [0.15, 0.2) is 0 Å². The molecule has 2 aromatic carbocycles. The van der Waals surface area contributed by atoms with Crippen LogP contribution in [0.4, 0.5) is 5.69 Å². The third kappa shape index (κ3) is 2.66. The number of ether oxygens (including phenoxy) is 1. The standard InChI is InChI=1S/C21H24N2O2/c1-25-18-12-10-16(11-13-18)19-21(14-6-3-7-15-21)20(24)23(19)22-17-8-4-2-5-9-17/h2,4-5,8-13,19,22H,3,6-7,14-15H2,1H3/t19-/m0/s1. The Labute approximate surface area is 148 Å². The molecule has 1 atom stereocenters. The lowest BCUT2D eigenvalue weighted by molar-refractivity contribution is -0.174. The minimum absolute atomic E-state index is 0.0754. The Bertz CT molecular complexity index is 736. The fourth-order valence-corrected chi connectivity index (χ4v) is 4.35. The van der Waals surface area contributed by atoms with Gasteiger partial charge < -0.3 is 4.74 Å². The molecule has 25 heavy (non-hydrogen) atoms. The van der Waals surface area contributed by atoms with Crippen LogP contribution in [0.2, 0.25) is 0 Å². The number of carbonyl (C=O) groups is 1. The third-order valence-corrected chi connectivity index (χ3v) is 5.63. The van der Waals surface area contributed by atoms with Crippen molar-refractivity contribution in [1.29, 1.82) is 0 Å². The van der Waals surface area contributed by atoms with Crippen molar-refractivity contribution in [3.05, 3.63) is 60.2 Å². The molecule has 1 N–H and O–H groups in total. The second kappa shape index (κ2) is 6.43. The molecule has 0 bridgehead atoms. The van der Waals surface area contributed by atoms with E-state index < -0.39 is 0 Å². The van der Waals surface area contributed by atoms with Gasteiger partial charge >= 0.3 is 0 Å². The number of methoxy groups -OCH3 is 1. The molecule has 2 aliphatic rings. The van der Waals surface area contributed by atoms with E-state index in [0.717, 1.165) is 37.1 Å². The maximum atomic E-state index is 13.1. The van der Waals surface area contributed by atoms with Crippen molar-refractivity contribution < 1.29 is 9.53 Å². The SMILES string of the molecule is COc1ccc([C@@H]2N(Nc3ccccc3)C(=O)C23CCCCC3)cc1. The zero-order valence-corrected chi connectivity index (χ0v) is 14.6. The van der Waals surface area contributed by atoms with E-state index >= 15 is 0 Å². The quantitative estimate of drug-likeness (QED) is 0.833. The lowest BCUT2D eigenvalue weighted by Gasteiger charge is -2.57. The van der Waals surface area contributed by atoms with E-state index in [9.17, 15) is 4.79 Å². The summed E-state index contributed by atoms with van der Waals surface area (Å²) in [6, 6.07) is 18.1. The van der Waals surface area contributed by atoms with Crippen LogP contribution in [0.25, 0.3) is 0 Å². The van der Waals surface area contributed by atoms with Crippen LogP contribution in [-0.2, 0) is 4.79 Å². The topological polar surface area (TPSA) is 41.6 Å². The van der Waals surface area contributed by atoms with Crippen LogP contribution in [0.1, 0.15) is 43.7 Å². The Morgan fingerprint density at radius 3 is 2.32 bits per heavy atom. The van der Waals surface area contributed by atoms with Crippen LogP contribution in [0.3, 0.4) is 0 Å². The van der Waals surface area contributed by atoms with Crippen LogP contribution in [0.15, 0.2) is 54.6 Å². The summed E-state index contributed by atoms with van der Waals surface area (Å²) in [5.74, 6) is 1.08. The van der Waals surface area contributed by atoms with Gasteiger partial charge in [-0.05, 0) is 42.7 Å². The zero-order valence-electron chi connectivity index (χ0n) is 14.6. The van der Waals surface area contributed by atoms with Crippen molar-refractivity contribution >= 4 is 11.6 Å². The van der Waals surface area contributed by atoms with Crippen molar-refractivity contribution in [3.63, 3.8) is 0 Å². The molecule has 1 aliphatic carbocycles. The molecule has 1 spiro atoms. The predicted molar refractivity (Wildman–Crippen MR) is 98.2 cm³/mol. The number of nitrogens with one attached hydrogen (secondary N) is 1. The molecule has 130 valence electrons. The van der Waals surface area contributed by atoms with Crippen LogP contribution in [0.5, 0.6) is 5.75 Å². The third-order valence-electron chi connectivity index (χ3n) is 5.63. The van der Waals surface area contributed by atoms with E-state index in [1.807, 2.05) is 47.5 Å². The molecule has 1 heterocycles. The van der Waals surface area contributed by atoms with Crippen molar-refractivity contribution in [2.45, 2.75) is 38.1 Å². The highest BCUT2D eigenvalue weighted by Gasteiger charge is 2.61. The van der Waals surface area contributed by atoms with Gasteiger partial charge in [-0.25, -0.2) is 5.01 Å². The van der Waals surface area contributed by atoms with Crippen LogP contribution >= 0.6 is 0 Å². The Balaban J connectivity index is 1.66. The zero-order chi connectivity index (χ0) is 17.3. The number of nitrogens with zero attached hydrogens (tertiary/aromatic N) is 1. The van der Waals surface area contributed by atoms with Crippen molar-refractivity contribution in [2.75, 3.05) is 12.5 Å². The molecule has 2 aromatic rings. The highest BCUT2D eigenvalue weighted by atomic mass is 16.5. The molecule has 0 unspecified atom stereocenters. The largest absolute Gasteiger partial charge is 0.497 e. The van der Waals surface area contributed by atoms with Gasteiger partial charge in [-0.15, -0.1) is 0 Å². The van der Waals surface area contributed by atoms with Crippen molar-refractivity contribution in [2.24, 2.45) is 5.41 Å². The fourth-order valence-electron chi connectivity index (χ4n) is 4.35. The molecule has 4 rings (SSSR count). The average Bonchev–Trinajstić information content (AvgIpc) is 2.69. The van der Waals surface area contributed by atoms with E-state index in [4.69, 9.17) is 4.74 Å². The minimum Gasteiger partial charge on any atom is -0.497 e. The Morgan fingerprint density at radius 2 is 1.68 bits per heavy atom. The lowest BCUT2D eigenvalue weighted by Crippen LogP contribution is -2.65. The minimum atomic E-state index is -0.241. The molecule has 0 aromatic heterocycles. The molecule has 4 heteroatoms. The van der Waals surface area contributed by atoms with E-state index in [0.29, 0.717) is 0 Å². The van der Waals surface area contributed by atoms with Gasteiger partial charge in [-0.1, -0.05) is 49.6 Å². The predicted octanol–water partition coefficient (Wildman–Crippen LogP) is 4.56. The fraction of sp³-hybridized carbons (Fsp3) is 0.381. The Morgan fingerprint density at radius 1 is 1.00 bits per heavy atom. The summed E-state index contributed by atoms with van der Waals surface area (Å²) in [6.45, 7) is 0. The number of amides is 1. The van der Waals surface area contributed by atoms with Gasteiger partial charge in [-0.3, -0.25) is 10.2 Å². The number of anilines is 1. The summed E-state index contributed by atoms with van der Waals surface area (Å²) in [4.78, 5) is 13.1. The number of hydrogen-bond acceptors (Lipinski definition) is 3. The Kier molecular flexibility index (Phi) is 4.12. The number of para-hydroxylation sites is 1. The second-order valence-electron chi connectivity index (χ2n) is 7.05.